The van der Waals surface area contributed by atoms with Gasteiger partial charge in [-0.1, -0.05) is 6.92 Å². The number of anilines is 1. The molecule has 5 nitrogen and oxygen atoms in total. The SMILES string of the molecule is CCC(C)(N)C(=O)N1CCN(c2nccs2)CC1. The number of hydrogen-bond donors (Lipinski definition) is 1. The van der Waals surface area contributed by atoms with Crippen molar-refractivity contribution in [2.45, 2.75) is 25.8 Å². The highest BCUT2D eigenvalue weighted by Gasteiger charge is 2.32. The van der Waals surface area contributed by atoms with Crippen molar-refractivity contribution in [2.24, 2.45) is 5.73 Å². The number of piperazine rings is 1. The highest BCUT2D eigenvalue weighted by molar-refractivity contribution is 7.13. The second-order valence-corrected chi connectivity index (χ2v) is 5.74. The zero-order valence-corrected chi connectivity index (χ0v) is 11.7. The second-order valence-electron chi connectivity index (χ2n) is 4.86. The molecule has 2 heterocycles. The van der Waals surface area contributed by atoms with Crippen LogP contribution in [0.3, 0.4) is 0 Å². The largest absolute Gasteiger partial charge is 0.345 e. The van der Waals surface area contributed by atoms with E-state index in [0.29, 0.717) is 6.42 Å². The number of amides is 1. The van der Waals surface area contributed by atoms with E-state index >= 15 is 0 Å². The summed E-state index contributed by atoms with van der Waals surface area (Å²) in [5.41, 5.74) is 5.27. The lowest BCUT2D eigenvalue weighted by molar-refractivity contribution is -0.136. The van der Waals surface area contributed by atoms with Crippen molar-refractivity contribution >= 4 is 22.4 Å². The molecule has 0 aliphatic carbocycles. The Morgan fingerprint density at radius 1 is 1.50 bits per heavy atom. The third kappa shape index (κ3) is 2.64. The van der Waals surface area contributed by atoms with Gasteiger partial charge in [0.1, 0.15) is 0 Å². The molecule has 0 bridgehead atoms. The van der Waals surface area contributed by atoms with Crippen molar-refractivity contribution in [3.63, 3.8) is 0 Å². The predicted octanol–water partition coefficient (Wildman–Crippen LogP) is 0.919. The molecule has 2 N–H and O–H groups in total. The van der Waals surface area contributed by atoms with Crippen LogP contribution in [0.1, 0.15) is 20.3 Å². The third-order valence-electron chi connectivity index (χ3n) is 3.48. The normalized spacial score (nSPS) is 19.7. The number of carbonyl (C=O) groups excluding carboxylic acids is 1. The fourth-order valence-corrected chi connectivity index (χ4v) is 2.68. The molecule has 6 heteroatoms. The highest BCUT2D eigenvalue weighted by atomic mass is 32.1. The van der Waals surface area contributed by atoms with E-state index < -0.39 is 5.54 Å². The molecule has 1 aliphatic heterocycles. The van der Waals surface area contributed by atoms with Crippen LogP contribution < -0.4 is 10.6 Å². The van der Waals surface area contributed by atoms with Crippen LogP contribution in [0.15, 0.2) is 11.6 Å². The van der Waals surface area contributed by atoms with Crippen molar-refractivity contribution in [3.05, 3.63) is 11.6 Å². The zero-order chi connectivity index (χ0) is 13.2. The van der Waals surface area contributed by atoms with Crippen LogP contribution in [0.4, 0.5) is 5.13 Å². The lowest BCUT2D eigenvalue weighted by Crippen LogP contribution is -2.58. The van der Waals surface area contributed by atoms with E-state index in [-0.39, 0.29) is 5.91 Å². The van der Waals surface area contributed by atoms with E-state index in [4.69, 9.17) is 5.73 Å². The summed E-state index contributed by atoms with van der Waals surface area (Å²) in [6, 6.07) is 0. The van der Waals surface area contributed by atoms with Gasteiger partial charge in [0.25, 0.3) is 0 Å². The van der Waals surface area contributed by atoms with E-state index in [1.807, 2.05) is 30.3 Å². The molecule has 0 radical (unpaired) electrons. The summed E-state index contributed by atoms with van der Waals surface area (Å²) in [5, 5.41) is 3.01. The molecule has 1 fully saturated rings. The molecule has 0 aromatic carbocycles. The van der Waals surface area contributed by atoms with E-state index in [0.717, 1.165) is 31.3 Å². The summed E-state index contributed by atoms with van der Waals surface area (Å²) < 4.78 is 0. The fourth-order valence-electron chi connectivity index (χ4n) is 1.99. The lowest BCUT2D eigenvalue weighted by Gasteiger charge is -2.38. The summed E-state index contributed by atoms with van der Waals surface area (Å²) in [6.07, 6.45) is 2.48. The minimum atomic E-state index is -0.733. The Morgan fingerprint density at radius 2 is 2.17 bits per heavy atom. The standard InChI is InChI=1S/C12H20N4OS/c1-3-12(2,13)10(17)15-5-7-16(8-6-15)11-14-4-9-18-11/h4,9H,3,5-8,13H2,1-2H3. The van der Waals surface area contributed by atoms with Crippen LogP contribution >= 0.6 is 11.3 Å². The van der Waals surface area contributed by atoms with Gasteiger partial charge in [0.05, 0.1) is 5.54 Å². The molecule has 1 amide bonds. The van der Waals surface area contributed by atoms with Crippen molar-refractivity contribution in [1.29, 1.82) is 0 Å². The first kappa shape index (κ1) is 13.3. The Labute approximate surface area is 112 Å². The molecular weight excluding hydrogens is 248 g/mol. The van der Waals surface area contributed by atoms with Crippen LogP contribution in [0, 0.1) is 0 Å². The molecule has 1 aromatic heterocycles. The van der Waals surface area contributed by atoms with Crippen LogP contribution in [-0.2, 0) is 4.79 Å². The first-order chi connectivity index (χ1) is 8.54. The van der Waals surface area contributed by atoms with Crippen LogP contribution in [0.5, 0.6) is 0 Å². The van der Waals surface area contributed by atoms with Gasteiger partial charge < -0.3 is 15.5 Å². The van der Waals surface area contributed by atoms with Gasteiger partial charge >= 0.3 is 0 Å². The van der Waals surface area contributed by atoms with Crippen LogP contribution in [0.2, 0.25) is 0 Å². The number of thiazole rings is 1. The quantitative estimate of drug-likeness (QED) is 0.885. The molecule has 1 saturated heterocycles. The Balaban J connectivity index is 1.93. The molecule has 100 valence electrons. The molecule has 0 spiro atoms. The molecular formula is C12H20N4OS. The Hall–Kier alpha value is -1.14. The first-order valence-corrected chi connectivity index (χ1v) is 7.15. The maximum atomic E-state index is 12.2. The molecule has 1 aliphatic rings. The molecule has 0 saturated carbocycles. The van der Waals surface area contributed by atoms with Crippen molar-refractivity contribution in [3.8, 4) is 0 Å². The summed E-state index contributed by atoms with van der Waals surface area (Å²) in [4.78, 5) is 20.6. The Morgan fingerprint density at radius 3 is 2.67 bits per heavy atom. The smallest absolute Gasteiger partial charge is 0.242 e. The number of nitrogens with two attached hydrogens (primary N) is 1. The number of rotatable bonds is 3. The van der Waals surface area contributed by atoms with Gasteiger partial charge in [0.15, 0.2) is 5.13 Å². The third-order valence-corrected chi connectivity index (χ3v) is 4.31. The average Bonchev–Trinajstić information content (AvgIpc) is 2.92. The second kappa shape index (κ2) is 5.24. The van der Waals surface area contributed by atoms with Gasteiger partial charge in [-0.25, -0.2) is 4.98 Å². The molecule has 18 heavy (non-hydrogen) atoms. The number of carbonyl (C=O) groups is 1. The van der Waals surface area contributed by atoms with E-state index in [2.05, 4.69) is 9.88 Å². The highest BCUT2D eigenvalue weighted by Crippen LogP contribution is 2.20. The van der Waals surface area contributed by atoms with Crippen LogP contribution in [0.25, 0.3) is 0 Å². The van der Waals surface area contributed by atoms with Gasteiger partial charge in [-0.15, -0.1) is 11.3 Å². The average molecular weight is 268 g/mol. The van der Waals surface area contributed by atoms with E-state index in [1.165, 1.54) is 0 Å². The number of hydrogen-bond acceptors (Lipinski definition) is 5. The van der Waals surface area contributed by atoms with Gasteiger partial charge in [-0.2, -0.15) is 0 Å². The molecule has 1 atom stereocenters. The van der Waals surface area contributed by atoms with E-state index in [1.54, 1.807) is 11.3 Å². The predicted molar refractivity (Wildman–Crippen MR) is 73.8 cm³/mol. The van der Waals surface area contributed by atoms with Crippen molar-refractivity contribution < 1.29 is 4.79 Å². The minimum absolute atomic E-state index is 0.0591. The van der Waals surface area contributed by atoms with Gasteiger partial charge in [-0.05, 0) is 13.3 Å². The molecule has 1 aromatic rings. The van der Waals surface area contributed by atoms with Gasteiger partial charge in [0.2, 0.25) is 5.91 Å². The monoisotopic (exact) mass is 268 g/mol. The molecule has 1 unspecified atom stereocenters. The maximum Gasteiger partial charge on any atom is 0.242 e. The first-order valence-electron chi connectivity index (χ1n) is 6.27. The molecule has 2 rings (SSSR count). The summed E-state index contributed by atoms with van der Waals surface area (Å²) in [6.45, 7) is 6.88. The Bertz CT molecular complexity index is 396. The van der Waals surface area contributed by atoms with Crippen molar-refractivity contribution in [2.75, 3.05) is 31.1 Å². The van der Waals surface area contributed by atoms with Crippen LogP contribution in [-0.4, -0.2) is 47.5 Å². The lowest BCUT2D eigenvalue weighted by atomic mass is 9.98. The van der Waals surface area contributed by atoms with Gasteiger partial charge in [0, 0.05) is 37.8 Å². The number of nitrogens with zero attached hydrogens (tertiary/aromatic N) is 3. The summed E-state index contributed by atoms with van der Waals surface area (Å²) >= 11 is 1.64. The van der Waals surface area contributed by atoms with Gasteiger partial charge in [-0.3, -0.25) is 4.79 Å². The zero-order valence-electron chi connectivity index (χ0n) is 10.9. The number of aromatic nitrogens is 1. The maximum absolute atomic E-state index is 12.2. The topological polar surface area (TPSA) is 62.5 Å². The van der Waals surface area contributed by atoms with Crippen molar-refractivity contribution in [1.82, 2.24) is 9.88 Å². The fraction of sp³-hybridized carbons (Fsp3) is 0.667. The summed E-state index contributed by atoms with van der Waals surface area (Å²) in [7, 11) is 0. The van der Waals surface area contributed by atoms with E-state index in [9.17, 15) is 4.79 Å². The Kier molecular flexibility index (Phi) is 3.87. The minimum Gasteiger partial charge on any atom is -0.345 e. The summed E-state index contributed by atoms with van der Waals surface area (Å²) in [5.74, 6) is 0.0591.